The van der Waals surface area contributed by atoms with Crippen LogP contribution in [-0.2, 0) is 6.42 Å². The second-order valence-corrected chi connectivity index (χ2v) is 4.81. The zero-order chi connectivity index (χ0) is 14.7. The Labute approximate surface area is 122 Å². The summed E-state index contributed by atoms with van der Waals surface area (Å²) in [7, 11) is 0. The highest BCUT2D eigenvalue weighted by molar-refractivity contribution is 5.32. The van der Waals surface area contributed by atoms with E-state index in [9.17, 15) is 4.39 Å². The smallest absolute Gasteiger partial charge is 0.126 e. The van der Waals surface area contributed by atoms with Crippen molar-refractivity contribution in [2.24, 2.45) is 5.73 Å². The monoisotopic (exact) mass is 282 g/mol. The normalized spacial score (nSPS) is 12.3. The quantitative estimate of drug-likeness (QED) is 0.800. The second-order valence-electron chi connectivity index (χ2n) is 4.81. The predicted octanol–water partition coefficient (Wildman–Crippen LogP) is 2.65. The van der Waals surface area contributed by atoms with Gasteiger partial charge in [0, 0.05) is 0 Å². The molecule has 0 aliphatic heterocycles. The average Bonchev–Trinajstić information content (AvgIpc) is 3.00. The Morgan fingerprint density at radius 3 is 2.52 bits per heavy atom. The van der Waals surface area contributed by atoms with Crippen molar-refractivity contribution in [1.29, 1.82) is 0 Å². The highest BCUT2D eigenvalue weighted by Crippen LogP contribution is 2.19. The summed E-state index contributed by atoms with van der Waals surface area (Å²) in [5.41, 5.74) is 8.44. The van der Waals surface area contributed by atoms with Gasteiger partial charge in [0.1, 0.15) is 5.82 Å². The molecule has 2 aromatic carbocycles. The summed E-state index contributed by atoms with van der Waals surface area (Å²) in [5.74, 6) is -0.244. The van der Waals surface area contributed by atoms with E-state index >= 15 is 0 Å². The molecule has 21 heavy (non-hydrogen) atoms. The first kappa shape index (κ1) is 13.5. The topological polar surface area (TPSA) is 56.7 Å². The van der Waals surface area contributed by atoms with Gasteiger partial charge in [-0.15, -0.1) is 5.10 Å². The van der Waals surface area contributed by atoms with Crippen molar-refractivity contribution in [3.63, 3.8) is 0 Å². The maximum absolute atomic E-state index is 13.7. The van der Waals surface area contributed by atoms with E-state index < -0.39 is 0 Å². The van der Waals surface area contributed by atoms with Gasteiger partial charge in [-0.1, -0.05) is 41.6 Å². The van der Waals surface area contributed by atoms with Crippen molar-refractivity contribution in [3.8, 4) is 5.69 Å². The Hall–Kier alpha value is -2.53. The molecular formula is C16H15FN4. The number of aromatic nitrogens is 3. The van der Waals surface area contributed by atoms with E-state index in [0.717, 1.165) is 11.4 Å². The molecule has 0 aliphatic rings. The van der Waals surface area contributed by atoms with Crippen molar-refractivity contribution in [2.45, 2.75) is 12.5 Å². The van der Waals surface area contributed by atoms with Gasteiger partial charge >= 0.3 is 0 Å². The van der Waals surface area contributed by atoms with E-state index in [4.69, 9.17) is 5.73 Å². The summed E-state index contributed by atoms with van der Waals surface area (Å²) in [5, 5.41) is 7.99. The van der Waals surface area contributed by atoms with Gasteiger partial charge < -0.3 is 5.73 Å². The van der Waals surface area contributed by atoms with Crippen LogP contribution >= 0.6 is 0 Å². The molecule has 0 saturated heterocycles. The molecule has 5 heteroatoms. The van der Waals surface area contributed by atoms with E-state index in [1.165, 1.54) is 6.07 Å². The van der Waals surface area contributed by atoms with Gasteiger partial charge in [0.25, 0.3) is 0 Å². The molecule has 1 unspecified atom stereocenters. The minimum absolute atomic E-state index is 0.244. The van der Waals surface area contributed by atoms with Crippen LogP contribution in [0.1, 0.15) is 17.3 Å². The molecule has 3 aromatic rings. The van der Waals surface area contributed by atoms with Gasteiger partial charge in [-0.3, -0.25) is 0 Å². The van der Waals surface area contributed by atoms with E-state index in [1.807, 2.05) is 30.3 Å². The van der Waals surface area contributed by atoms with Crippen LogP contribution < -0.4 is 5.73 Å². The van der Waals surface area contributed by atoms with Gasteiger partial charge in [0.2, 0.25) is 0 Å². The van der Waals surface area contributed by atoms with Crippen LogP contribution in [0.4, 0.5) is 4.39 Å². The zero-order valence-corrected chi connectivity index (χ0v) is 11.4. The highest BCUT2D eigenvalue weighted by Gasteiger charge is 2.16. The molecule has 2 N–H and O–H groups in total. The molecule has 0 amide bonds. The van der Waals surface area contributed by atoms with Gasteiger partial charge in [-0.2, -0.15) is 0 Å². The third-order valence-corrected chi connectivity index (χ3v) is 3.35. The number of nitrogens with two attached hydrogens (primary N) is 1. The van der Waals surface area contributed by atoms with Gasteiger partial charge in [-0.05, 0) is 30.2 Å². The van der Waals surface area contributed by atoms with E-state index in [0.29, 0.717) is 12.0 Å². The molecule has 0 bridgehead atoms. The largest absolute Gasteiger partial charge is 0.322 e. The maximum Gasteiger partial charge on any atom is 0.126 e. The molecule has 0 aliphatic carbocycles. The molecule has 4 nitrogen and oxygen atoms in total. The fourth-order valence-electron chi connectivity index (χ4n) is 2.27. The zero-order valence-electron chi connectivity index (χ0n) is 11.4. The molecule has 1 atom stereocenters. The first-order valence-electron chi connectivity index (χ1n) is 6.70. The lowest BCUT2D eigenvalue weighted by Crippen LogP contribution is -2.18. The number of hydrogen-bond acceptors (Lipinski definition) is 3. The molecule has 0 saturated carbocycles. The minimum Gasteiger partial charge on any atom is -0.322 e. The number of halogens is 1. The van der Waals surface area contributed by atoms with Crippen molar-refractivity contribution in [3.05, 3.63) is 77.9 Å². The number of benzene rings is 2. The Bertz CT molecular complexity index is 724. The average molecular weight is 282 g/mol. The lowest BCUT2D eigenvalue weighted by Gasteiger charge is -2.13. The van der Waals surface area contributed by atoms with Crippen LogP contribution in [0.2, 0.25) is 0 Å². The fourth-order valence-corrected chi connectivity index (χ4v) is 2.27. The maximum atomic E-state index is 13.7. The summed E-state index contributed by atoms with van der Waals surface area (Å²) in [6.45, 7) is 0. The molecule has 3 rings (SSSR count). The summed E-state index contributed by atoms with van der Waals surface area (Å²) in [4.78, 5) is 0. The Kier molecular flexibility index (Phi) is 3.75. The van der Waals surface area contributed by atoms with Crippen LogP contribution in [0.15, 0.2) is 60.8 Å². The summed E-state index contributed by atoms with van der Waals surface area (Å²) < 4.78 is 15.4. The van der Waals surface area contributed by atoms with E-state index in [2.05, 4.69) is 10.3 Å². The van der Waals surface area contributed by atoms with Crippen LogP contribution in [-0.4, -0.2) is 15.0 Å². The molecule has 0 spiro atoms. The van der Waals surface area contributed by atoms with Crippen LogP contribution in [0.3, 0.4) is 0 Å². The third-order valence-electron chi connectivity index (χ3n) is 3.35. The van der Waals surface area contributed by atoms with Gasteiger partial charge in [0.05, 0.1) is 23.6 Å². The molecule has 1 heterocycles. The number of hydrogen-bond donors (Lipinski definition) is 1. The SMILES string of the molecule is NC(Cc1ccccc1F)c1cnnn1-c1ccccc1. The van der Waals surface area contributed by atoms with E-state index in [-0.39, 0.29) is 11.9 Å². The first-order valence-corrected chi connectivity index (χ1v) is 6.70. The molecule has 1 aromatic heterocycles. The molecule has 0 fully saturated rings. The van der Waals surface area contributed by atoms with E-state index in [1.54, 1.807) is 29.1 Å². The highest BCUT2D eigenvalue weighted by atomic mass is 19.1. The van der Waals surface area contributed by atoms with Crippen LogP contribution in [0, 0.1) is 5.82 Å². The van der Waals surface area contributed by atoms with Crippen molar-refractivity contribution in [1.82, 2.24) is 15.0 Å². The second kappa shape index (κ2) is 5.85. The van der Waals surface area contributed by atoms with Crippen LogP contribution in [0.25, 0.3) is 5.69 Å². The van der Waals surface area contributed by atoms with Crippen molar-refractivity contribution < 1.29 is 4.39 Å². The Balaban J connectivity index is 1.88. The minimum atomic E-state index is -0.378. The Morgan fingerprint density at radius 2 is 1.76 bits per heavy atom. The van der Waals surface area contributed by atoms with Gasteiger partial charge in [0.15, 0.2) is 0 Å². The number of rotatable bonds is 4. The lowest BCUT2D eigenvalue weighted by atomic mass is 10.0. The van der Waals surface area contributed by atoms with Crippen LogP contribution in [0.5, 0.6) is 0 Å². The lowest BCUT2D eigenvalue weighted by molar-refractivity contribution is 0.583. The van der Waals surface area contributed by atoms with Gasteiger partial charge in [-0.25, -0.2) is 9.07 Å². The van der Waals surface area contributed by atoms with Crippen molar-refractivity contribution in [2.75, 3.05) is 0 Å². The molecule has 106 valence electrons. The van der Waals surface area contributed by atoms with Crippen molar-refractivity contribution >= 4 is 0 Å². The third kappa shape index (κ3) is 2.83. The standard InChI is InChI=1S/C16H15FN4/c17-14-9-5-4-6-12(14)10-15(18)16-11-19-20-21(16)13-7-2-1-3-8-13/h1-9,11,15H,10,18H2. The number of nitrogens with zero attached hydrogens (tertiary/aromatic N) is 3. The Morgan fingerprint density at radius 1 is 1.05 bits per heavy atom. The number of para-hydroxylation sites is 1. The summed E-state index contributed by atoms with van der Waals surface area (Å²) in [6.07, 6.45) is 2.02. The predicted molar refractivity (Wildman–Crippen MR) is 78.4 cm³/mol. The molecular weight excluding hydrogens is 267 g/mol. The summed E-state index contributed by atoms with van der Waals surface area (Å²) >= 11 is 0. The fraction of sp³-hybridized carbons (Fsp3) is 0.125. The first-order chi connectivity index (χ1) is 10.3. The summed E-state index contributed by atoms with van der Waals surface area (Å²) in [6, 6.07) is 15.9. The molecule has 0 radical (unpaired) electrons.